The summed E-state index contributed by atoms with van der Waals surface area (Å²) in [4.78, 5) is 0. The standard InChI is InChI=1S/C12H14FN.ClH/c13-11-4-1-3-10(9-11)6-7-12-5-2-8-14-12;/h1,3-4,6-7,9,12,14H,2,5,8H2;1H/b7-6+;. The maximum absolute atomic E-state index is 12.8. The molecule has 82 valence electrons. The smallest absolute Gasteiger partial charge is 0.123 e. The number of hydrogen-bond acceptors (Lipinski definition) is 1. The van der Waals surface area contributed by atoms with Gasteiger partial charge >= 0.3 is 0 Å². The van der Waals surface area contributed by atoms with Crippen molar-refractivity contribution in [2.24, 2.45) is 0 Å². The molecule has 1 fully saturated rings. The van der Waals surface area contributed by atoms with Gasteiger partial charge in [0.15, 0.2) is 0 Å². The zero-order valence-electron chi connectivity index (χ0n) is 8.45. The maximum Gasteiger partial charge on any atom is 0.123 e. The molecule has 1 aromatic carbocycles. The first-order valence-corrected chi connectivity index (χ1v) is 5.02. The van der Waals surface area contributed by atoms with Crippen molar-refractivity contribution >= 4 is 18.5 Å². The van der Waals surface area contributed by atoms with E-state index >= 15 is 0 Å². The first-order chi connectivity index (χ1) is 6.84. The lowest BCUT2D eigenvalue weighted by atomic mass is 10.1. The molecule has 1 atom stereocenters. The fraction of sp³-hybridized carbons (Fsp3) is 0.333. The Kier molecular flexibility index (Phi) is 4.79. The van der Waals surface area contributed by atoms with Gasteiger partial charge in [0.05, 0.1) is 0 Å². The first-order valence-electron chi connectivity index (χ1n) is 5.02. The lowest BCUT2D eigenvalue weighted by molar-refractivity contribution is 0.627. The Balaban J connectivity index is 0.00000112. The predicted molar refractivity (Wildman–Crippen MR) is 63.7 cm³/mol. The van der Waals surface area contributed by atoms with Crippen molar-refractivity contribution in [3.05, 3.63) is 41.7 Å². The van der Waals surface area contributed by atoms with E-state index in [9.17, 15) is 4.39 Å². The molecule has 0 amide bonds. The molecule has 1 unspecified atom stereocenters. The van der Waals surface area contributed by atoms with E-state index in [4.69, 9.17) is 0 Å². The first kappa shape index (κ1) is 12.2. The van der Waals surface area contributed by atoms with Gasteiger partial charge in [0.25, 0.3) is 0 Å². The minimum absolute atomic E-state index is 0. The van der Waals surface area contributed by atoms with E-state index in [2.05, 4.69) is 11.4 Å². The van der Waals surface area contributed by atoms with E-state index in [0.717, 1.165) is 12.1 Å². The van der Waals surface area contributed by atoms with Crippen molar-refractivity contribution in [1.29, 1.82) is 0 Å². The van der Waals surface area contributed by atoms with E-state index in [1.165, 1.54) is 18.9 Å². The second-order valence-electron chi connectivity index (χ2n) is 3.62. The molecule has 1 aliphatic heterocycles. The molecule has 1 aliphatic rings. The zero-order chi connectivity index (χ0) is 9.80. The fourth-order valence-electron chi connectivity index (χ4n) is 1.71. The summed E-state index contributed by atoms with van der Waals surface area (Å²) in [5.74, 6) is -0.175. The van der Waals surface area contributed by atoms with E-state index in [0.29, 0.717) is 6.04 Å². The van der Waals surface area contributed by atoms with Crippen molar-refractivity contribution in [3.8, 4) is 0 Å². The summed E-state index contributed by atoms with van der Waals surface area (Å²) in [5.41, 5.74) is 0.929. The highest BCUT2D eigenvalue weighted by Gasteiger charge is 2.09. The number of hydrogen-bond donors (Lipinski definition) is 1. The van der Waals surface area contributed by atoms with Crippen LogP contribution in [0.5, 0.6) is 0 Å². The van der Waals surface area contributed by atoms with Gasteiger partial charge in [0, 0.05) is 6.04 Å². The van der Waals surface area contributed by atoms with Crippen molar-refractivity contribution in [2.45, 2.75) is 18.9 Å². The van der Waals surface area contributed by atoms with Crippen LogP contribution in [-0.4, -0.2) is 12.6 Å². The molecule has 1 saturated heterocycles. The molecular formula is C12H15ClFN. The van der Waals surface area contributed by atoms with Gasteiger partial charge in [-0.3, -0.25) is 0 Å². The van der Waals surface area contributed by atoms with Crippen molar-refractivity contribution in [3.63, 3.8) is 0 Å². The summed E-state index contributed by atoms with van der Waals surface area (Å²) in [6.45, 7) is 1.10. The van der Waals surface area contributed by atoms with E-state index in [-0.39, 0.29) is 18.2 Å². The lowest BCUT2D eigenvalue weighted by Gasteiger charge is -2.01. The summed E-state index contributed by atoms with van der Waals surface area (Å²) in [7, 11) is 0. The van der Waals surface area contributed by atoms with Crippen LogP contribution in [0.15, 0.2) is 30.3 Å². The van der Waals surface area contributed by atoms with Gasteiger partial charge in [-0.15, -0.1) is 12.4 Å². The quantitative estimate of drug-likeness (QED) is 0.819. The number of nitrogens with one attached hydrogen (secondary N) is 1. The van der Waals surface area contributed by atoms with Crippen LogP contribution < -0.4 is 5.32 Å². The molecule has 0 aromatic heterocycles. The third kappa shape index (κ3) is 3.65. The Bertz CT molecular complexity index is 332. The SMILES string of the molecule is Cl.Fc1cccc(/C=C/C2CCCN2)c1. The van der Waals surface area contributed by atoms with Crippen molar-refractivity contribution in [1.82, 2.24) is 5.32 Å². The molecule has 1 heterocycles. The molecule has 0 spiro atoms. The molecule has 0 saturated carbocycles. The maximum atomic E-state index is 12.8. The van der Waals surface area contributed by atoms with E-state index < -0.39 is 0 Å². The highest BCUT2D eigenvalue weighted by atomic mass is 35.5. The predicted octanol–water partition coefficient (Wildman–Crippen LogP) is 3.01. The monoisotopic (exact) mass is 227 g/mol. The number of halogens is 2. The Morgan fingerprint density at radius 2 is 2.27 bits per heavy atom. The summed E-state index contributed by atoms with van der Waals surface area (Å²) < 4.78 is 12.8. The molecule has 1 nitrogen and oxygen atoms in total. The fourth-order valence-corrected chi connectivity index (χ4v) is 1.71. The van der Waals surface area contributed by atoms with Gasteiger partial charge in [-0.25, -0.2) is 4.39 Å². The topological polar surface area (TPSA) is 12.0 Å². The molecule has 2 rings (SSSR count). The second kappa shape index (κ2) is 5.89. The summed E-state index contributed by atoms with van der Waals surface area (Å²) in [5, 5.41) is 3.36. The normalized spacial score (nSPS) is 20.5. The molecule has 0 bridgehead atoms. The van der Waals surface area contributed by atoms with E-state index in [1.807, 2.05) is 12.1 Å². The number of benzene rings is 1. The summed E-state index contributed by atoms with van der Waals surface area (Å²) in [6.07, 6.45) is 6.51. The molecule has 3 heteroatoms. The van der Waals surface area contributed by atoms with Gasteiger partial charge in [0.2, 0.25) is 0 Å². The minimum Gasteiger partial charge on any atom is -0.311 e. The van der Waals surface area contributed by atoms with Gasteiger partial charge in [-0.1, -0.05) is 24.3 Å². The van der Waals surface area contributed by atoms with Gasteiger partial charge < -0.3 is 5.32 Å². The largest absolute Gasteiger partial charge is 0.311 e. The average molecular weight is 228 g/mol. The molecular weight excluding hydrogens is 213 g/mol. The zero-order valence-corrected chi connectivity index (χ0v) is 9.27. The van der Waals surface area contributed by atoms with Gasteiger partial charge in [-0.2, -0.15) is 0 Å². The molecule has 0 aliphatic carbocycles. The van der Waals surface area contributed by atoms with Crippen LogP contribution in [0.25, 0.3) is 6.08 Å². The van der Waals surface area contributed by atoms with Crippen LogP contribution in [-0.2, 0) is 0 Å². The number of rotatable bonds is 2. The Hall–Kier alpha value is -0.860. The van der Waals surface area contributed by atoms with E-state index in [1.54, 1.807) is 12.1 Å². The van der Waals surface area contributed by atoms with Crippen LogP contribution in [0, 0.1) is 5.82 Å². The third-order valence-electron chi connectivity index (χ3n) is 2.47. The molecule has 0 radical (unpaired) electrons. The molecule has 15 heavy (non-hydrogen) atoms. The van der Waals surface area contributed by atoms with Crippen LogP contribution in [0.3, 0.4) is 0 Å². The third-order valence-corrected chi connectivity index (χ3v) is 2.47. The van der Waals surface area contributed by atoms with Gasteiger partial charge in [0.1, 0.15) is 5.82 Å². The van der Waals surface area contributed by atoms with Gasteiger partial charge in [-0.05, 0) is 37.1 Å². The summed E-state index contributed by atoms with van der Waals surface area (Å²) >= 11 is 0. The highest BCUT2D eigenvalue weighted by molar-refractivity contribution is 5.85. The highest BCUT2D eigenvalue weighted by Crippen LogP contribution is 2.10. The van der Waals surface area contributed by atoms with Crippen LogP contribution in [0.4, 0.5) is 4.39 Å². The van der Waals surface area contributed by atoms with Crippen LogP contribution in [0.1, 0.15) is 18.4 Å². The Labute approximate surface area is 95.8 Å². The minimum atomic E-state index is -0.175. The lowest BCUT2D eigenvalue weighted by Crippen LogP contribution is -2.17. The van der Waals surface area contributed by atoms with Crippen LogP contribution in [0.2, 0.25) is 0 Å². The molecule has 1 N–H and O–H groups in total. The molecule has 1 aromatic rings. The summed E-state index contributed by atoms with van der Waals surface area (Å²) in [6, 6.07) is 7.13. The Morgan fingerprint density at radius 1 is 1.40 bits per heavy atom. The Morgan fingerprint density at radius 3 is 2.93 bits per heavy atom. The van der Waals surface area contributed by atoms with Crippen molar-refractivity contribution in [2.75, 3.05) is 6.54 Å². The van der Waals surface area contributed by atoms with Crippen LogP contribution >= 0.6 is 12.4 Å². The second-order valence-corrected chi connectivity index (χ2v) is 3.62. The average Bonchev–Trinajstić information content (AvgIpc) is 2.67. The van der Waals surface area contributed by atoms with Crippen molar-refractivity contribution < 1.29 is 4.39 Å².